The van der Waals surface area contributed by atoms with E-state index in [1.54, 1.807) is 12.1 Å². The van der Waals surface area contributed by atoms with Gasteiger partial charge in [0.05, 0.1) is 4.90 Å². The van der Waals surface area contributed by atoms with Crippen molar-refractivity contribution in [2.75, 3.05) is 31.9 Å². The maximum absolute atomic E-state index is 12.1. The van der Waals surface area contributed by atoms with Gasteiger partial charge < -0.3 is 10.6 Å². The normalized spacial score (nSPS) is 18.2. The van der Waals surface area contributed by atoms with E-state index in [0.717, 1.165) is 25.6 Å². The molecule has 5 nitrogen and oxygen atoms in total. The van der Waals surface area contributed by atoms with Crippen molar-refractivity contribution in [2.24, 2.45) is 5.92 Å². The monoisotopic (exact) mass is 297 g/mol. The summed E-state index contributed by atoms with van der Waals surface area (Å²) in [5.74, 6) is 0.790. The topological polar surface area (TPSA) is 75.4 Å². The van der Waals surface area contributed by atoms with E-state index in [9.17, 15) is 8.42 Å². The maximum Gasteiger partial charge on any atom is 0.240 e. The number of piperidine rings is 1. The Morgan fingerprint density at radius 3 is 2.45 bits per heavy atom. The smallest absolute Gasteiger partial charge is 0.240 e. The minimum Gasteiger partial charge on any atom is -0.399 e. The number of nitrogens with two attached hydrogens (primary N) is 1. The summed E-state index contributed by atoms with van der Waals surface area (Å²) in [5.41, 5.74) is 6.12. The van der Waals surface area contributed by atoms with Gasteiger partial charge in [0.1, 0.15) is 0 Å². The van der Waals surface area contributed by atoms with E-state index < -0.39 is 10.0 Å². The fraction of sp³-hybridized carbons (Fsp3) is 0.571. The average molecular weight is 297 g/mol. The van der Waals surface area contributed by atoms with Crippen molar-refractivity contribution in [3.8, 4) is 0 Å². The lowest BCUT2D eigenvalue weighted by Gasteiger charge is -2.30. The molecule has 0 bridgehead atoms. The highest BCUT2D eigenvalue weighted by Gasteiger charge is 2.17. The van der Waals surface area contributed by atoms with Gasteiger partial charge in [0, 0.05) is 18.8 Å². The van der Waals surface area contributed by atoms with Crippen LogP contribution < -0.4 is 10.5 Å². The molecule has 0 atom stereocenters. The van der Waals surface area contributed by atoms with E-state index in [2.05, 4.69) is 16.5 Å². The molecular formula is C14H23N3O2S. The van der Waals surface area contributed by atoms with Gasteiger partial charge in [-0.1, -0.05) is 6.92 Å². The van der Waals surface area contributed by atoms with E-state index in [0.29, 0.717) is 12.2 Å². The average Bonchev–Trinajstić information content (AvgIpc) is 2.41. The second-order valence-corrected chi connectivity index (χ2v) is 7.26. The Hall–Kier alpha value is -1.11. The first-order valence-corrected chi connectivity index (χ1v) is 8.53. The second-order valence-electron chi connectivity index (χ2n) is 5.49. The summed E-state index contributed by atoms with van der Waals surface area (Å²) in [6.45, 7) is 5.60. The summed E-state index contributed by atoms with van der Waals surface area (Å²) >= 11 is 0. The maximum atomic E-state index is 12.1. The fourth-order valence-corrected chi connectivity index (χ4v) is 3.38. The SMILES string of the molecule is CC1CCN(CCNS(=O)(=O)c2ccc(N)cc2)CC1. The number of nitrogen functional groups attached to an aromatic ring is 1. The van der Waals surface area contributed by atoms with Crippen molar-refractivity contribution in [1.29, 1.82) is 0 Å². The van der Waals surface area contributed by atoms with E-state index in [1.165, 1.54) is 25.0 Å². The first kappa shape index (κ1) is 15.3. The number of nitrogens with one attached hydrogen (secondary N) is 1. The molecule has 20 heavy (non-hydrogen) atoms. The van der Waals surface area contributed by atoms with Gasteiger partial charge in [-0.2, -0.15) is 0 Å². The molecule has 1 aliphatic rings. The standard InChI is InChI=1S/C14H23N3O2S/c1-12-6-9-17(10-7-12)11-8-16-20(18,19)14-4-2-13(15)3-5-14/h2-5,12,16H,6-11,15H2,1H3. The largest absolute Gasteiger partial charge is 0.399 e. The van der Waals surface area contributed by atoms with Gasteiger partial charge in [0.25, 0.3) is 0 Å². The van der Waals surface area contributed by atoms with Crippen molar-refractivity contribution >= 4 is 15.7 Å². The lowest BCUT2D eigenvalue weighted by Crippen LogP contribution is -2.39. The lowest BCUT2D eigenvalue weighted by atomic mass is 9.99. The van der Waals surface area contributed by atoms with Crippen molar-refractivity contribution < 1.29 is 8.42 Å². The van der Waals surface area contributed by atoms with E-state index in [4.69, 9.17) is 5.73 Å². The van der Waals surface area contributed by atoms with E-state index >= 15 is 0 Å². The molecule has 0 aromatic heterocycles. The molecule has 1 heterocycles. The number of anilines is 1. The Labute approximate surface area is 121 Å². The molecular weight excluding hydrogens is 274 g/mol. The number of rotatable bonds is 5. The third-order valence-corrected chi connectivity index (χ3v) is 5.26. The molecule has 1 fully saturated rings. The zero-order valence-corrected chi connectivity index (χ0v) is 12.7. The first-order valence-electron chi connectivity index (χ1n) is 7.05. The molecule has 1 aromatic carbocycles. The number of hydrogen-bond acceptors (Lipinski definition) is 4. The minimum absolute atomic E-state index is 0.263. The van der Waals surface area contributed by atoms with Crippen LogP contribution in [0.4, 0.5) is 5.69 Å². The Bertz CT molecular complexity index is 520. The van der Waals surface area contributed by atoms with Gasteiger partial charge in [0.2, 0.25) is 10.0 Å². The van der Waals surface area contributed by atoms with Crippen LogP contribution in [0.3, 0.4) is 0 Å². The van der Waals surface area contributed by atoms with Crippen LogP contribution in [0.5, 0.6) is 0 Å². The Morgan fingerprint density at radius 1 is 1.25 bits per heavy atom. The summed E-state index contributed by atoms with van der Waals surface area (Å²) in [6.07, 6.45) is 2.40. The Morgan fingerprint density at radius 2 is 1.85 bits per heavy atom. The van der Waals surface area contributed by atoms with Crippen molar-refractivity contribution in [3.63, 3.8) is 0 Å². The summed E-state index contributed by atoms with van der Waals surface area (Å²) in [4.78, 5) is 2.57. The quantitative estimate of drug-likeness (QED) is 0.803. The van der Waals surface area contributed by atoms with Gasteiger partial charge in [-0.05, 0) is 56.1 Å². The van der Waals surface area contributed by atoms with E-state index in [1.807, 2.05) is 0 Å². The molecule has 0 spiro atoms. The molecule has 3 N–H and O–H groups in total. The van der Waals surface area contributed by atoms with Crippen LogP contribution in [0.25, 0.3) is 0 Å². The second kappa shape index (κ2) is 6.56. The molecule has 0 radical (unpaired) electrons. The third-order valence-electron chi connectivity index (χ3n) is 3.79. The lowest BCUT2D eigenvalue weighted by molar-refractivity contribution is 0.195. The van der Waals surface area contributed by atoms with Gasteiger partial charge in [-0.15, -0.1) is 0 Å². The predicted molar refractivity (Wildman–Crippen MR) is 80.9 cm³/mol. The summed E-state index contributed by atoms with van der Waals surface area (Å²) in [6, 6.07) is 6.25. The molecule has 112 valence electrons. The fourth-order valence-electron chi connectivity index (χ4n) is 2.35. The number of benzene rings is 1. The van der Waals surface area contributed by atoms with Crippen molar-refractivity contribution in [2.45, 2.75) is 24.7 Å². The predicted octanol–water partition coefficient (Wildman–Crippen LogP) is 1.28. The molecule has 0 aliphatic carbocycles. The molecule has 1 aliphatic heterocycles. The van der Waals surface area contributed by atoms with Crippen LogP contribution in [0, 0.1) is 5.92 Å². The summed E-state index contributed by atoms with van der Waals surface area (Å²) in [7, 11) is -3.42. The highest BCUT2D eigenvalue weighted by molar-refractivity contribution is 7.89. The van der Waals surface area contributed by atoms with Gasteiger partial charge in [0.15, 0.2) is 0 Å². The van der Waals surface area contributed by atoms with Crippen molar-refractivity contribution in [3.05, 3.63) is 24.3 Å². The minimum atomic E-state index is -3.42. The highest BCUT2D eigenvalue weighted by atomic mass is 32.2. The summed E-state index contributed by atoms with van der Waals surface area (Å²) in [5, 5.41) is 0. The highest BCUT2D eigenvalue weighted by Crippen LogP contribution is 2.15. The number of hydrogen-bond donors (Lipinski definition) is 2. The molecule has 0 amide bonds. The van der Waals surface area contributed by atoms with Crippen LogP contribution in [0.15, 0.2) is 29.2 Å². The van der Waals surface area contributed by atoms with E-state index in [-0.39, 0.29) is 4.90 Å². The first-order chi connectivity index (χ1) is 9.47. The van der Waals surface area contributed by atoms with Crippen LogP contribution >= 0.6 is 0 Å². The zero-order valence-electron chi connectivity index (χ0n) is 11.9. The van der Waals surface area contributed by atoms with Crippen LogP contribution in [0.1, 0.15) is 19.8 Å². The molecule has 1 aromatic rings. The molecule has 2 rings (SSSR count). The van der Waals surface area contributed by atoms with Crippen molar-refractivity contribution in [1.82, 2.24) is 9.62 Å². The van der Waals surface area contributed by atoms with Gasteiger partial charge in [-0.25, -0.2) is 13.1 Å². The van der Waals surface area contributed by atoms with Gasteiger partial charge in [-0.3, -0.25) is 0 Å². The Kier molecular flexibility index (Phi) is 5.01. The molecule has 0 saturated carbocycles. The van der Waals surface area contributed by atoms with Crippen LogP contribution in [-0.2, 0) is 10.0 Å². The molecule has 6 heteroatoms. The molecule has 1 saturated heterocycles. The Balaban J connectivity index is 1.82. The summed E-state index contributed by atoms with van der Waals surface area (Å²) < 4.78 is 26.8. The van der Waals surface area contributed by atoms with Gasteiger partial charge >= 0.3 is 0 Å². The van der Waals surface area contributed by atoms with Crippen LogP contribution in [-0.4, -0.2) is 39.5 Å². The molecule has 0 unspecified atom stereocenters. The van der Waals surface area contributed by atoms with Crippen LogP contribution in [0.2, 0.25) is 0 Å². The zero-order chi connectivity index (χ0) is 14.6. The number of likely N-dealkylation sites (tertiary alicyclic amines) is 1. The number of sulfonamides is 1. The number of nitrogens with zero attached hydrogens (tertiary/aromatic N) is 1. The third kappa shape index (κ3) is 4.19.